The Morgan fingerprint density at radius 2 is 1.71 bits per heavy atom. The Hall–Kier alpha value is -3.13. The molecule has 0 fully saturated rings. The first kappa shape index (κ1) is 18.2. The van der Waals surface area contributed by atoms with Crippen LogP contribution in [-0.4, -0.2) is 13.5 Å². The third kappa shape index (κ3) is 3.27. The summed E-state index contributed by atoms with van der Waals surface area (Å²) in [6, 6.07) is 11.0. The standard InChI is InChI=1S/C20H15F2N3O2S/c1-12-3-2-4-13(7-12)10-25-19(26)18-17(11-28-23-18)24(20(25)27)9-14-5-6-15(21)16(22)8-14/h2-8,11H,9-10H2,1H3. The molecule has 28 heavy (non-hydrogen) atoms. The molecular formula is C20H15F2N3O2S. The molecule has 8 heteroatoms. The van der Waals surface area contributed by atoms with Gasteiger partial charge in [-0.1, -0.05) is 35.9 Å². The van der Waals surface area contributed by atoms with Crippen molar-refractivity contribution in [3.05, 3.63) is 97.0 Å². The fourth-order valence-corrected chi connectivity index (χ4v) is 3.81. The van der Waals surface area contributed by atoms with Gasteiger partial charge in [-0.05, 0) is 41.7 Å². The van der Waals surface area contributed by atoms with Crippen molar-refractivity contribution in [2.24, 2.45) is 0 Å². The third-order valence-corrected chi connectivity index (χ3v) is 5.12. The van der Waals surface area contributed by atoms with E-state index in [1.54, 1.807) is 5.38 Å². The van der Waals surface area contributed by atoms with E-state index in [4.69, 9.17) is 0 Å². The van der Waals surface area contributed by atoms with Crippen LogP contribution in [0.1, 0.15) is 16.7 Å². The lowest BCUT2D eigenvalue weighted by atomic mass is 10.1. The van der Waals surface area contributed by atoms with Crippen molar-refractivity contribution in [1.82, 2.24) is 13.5 Å². The van der Waals surface area contributed by atoms with Crippen LogP contribution in [-0.2, 0) is 13.1 Å². The van der Waals surface area contributed by atoms with Crippen LogP contribution < -0.4 is 11.2 Å². The van der Waals surface area contributed by atoms with Crippen LogP contribution in [0.25, 0.3) is 11.0 Å². The molecule has 0 aliphatic rings. The van der Waals surface area contributed by atoms with Crippen molar-refractivity contribution < 1.29 is 8.78 Å². The van der Waals surface area contributed by atoms with E-state index in [1.807, 2.05) is 31.2 Å². The van der Waals surface area contributed by atoms with E-state index in [2.05, 4.69) is 4.37 Å². The molecule has 2 heterocycles. The van der Waals surface area contributed by atoms with Crippen molar-refractivity contribution in [2.75, 3.05) is 0 Å². The monoisotopic (exact) mass is 399 g/mol. The lowest BCUT2D eigenvalue weighted by Crippen LogP contribution is -2.40. The first-order valence-corrected chi connectivity index (χ1v) is 9.35. The maximum absolute atomic E-state index is 13.6. The Labute approximate surface area is 162 Å². The average Bonchev–Trinajstić information content (AvgIpc) is 3.15. The molecule has 142 valence electrons. The molecule has 4 aromatic rings. The topological polar surface area (TPSA) is 56.9 Å². The van der Waals surface area contributed by atoms with Gasteiger partial charge >= 0.3 is 5.69 Å². The van der Waals surface area contributed by atoms with Gasteiger partial charge in [0.05, 0.1) is 18.6 Å². The van der Waals surface area contributed by atoms with E-state index in [0.717, 1.165) is 39.4 Å². The largest absolute Gasteiger partial charge is 0.332 e. The fourth-order valence-electron chi connectivity index (χ4n) is 3.14. The summed E-state index contributed by atoms with van der Waals surface area (Å²) in [6.45, 7) is 2.03. The van der Waals surface area contributed by atoms with Crippen LogP contribution in [0.4, 0.5) is 8.78 Å². The molecule has 0 aliphatic heterocycles. The van der Waals surface area contributed by atoms with Gasteiger partial charge < -0.3 is 0 Å². The second kappa shape index (κ2) is 7.12. The van der Waals surface area contributed by atoms with Crippen molar-refractivity contribution in [1.29, 1.82) is 0 Å². The molecule has 0 atom stereocenters. The van der Waals surface area contributed by atoms with Gasteiger partial charge in [0.15, 0.2) is 17.2 Å². The van der Waals surface area contributed by atoms with E-state index in [0.29, 0.717) is 11.1 Å². The Morgan fingerprint density at radius 1 is 0.964 bits per heavy atom. The van der Waals surface area contributed by atoms with E-state index >= 15 is 0 Å². The minimum absolute atomic E-state index is 0.000948. The Bertz CT molecular complexity index is 1310. The minimum atomic E-state index is -0.988. The van der Waals surface area contributed by atoms with Crippen molar-refractivity contribution in [3.63, 3.8) is 0 Å². The quantitative estimate of drug-likeness (QED) is 0.529. The van der Waals surface area contributed by atoms with Gasteiger partial charge in [-0.3, -0.25) is 13.9 Å². The smallest absolute Gasteiger partial charge is 0.286 e. The zero-order valence-electron chi connectivity index (χ0n) is 14.9. The lowest BCUT2D eigenvalue weighted by molar-refractivity contribution is 0.506. The summed E-state index contributed by atoms with van der Waals surface area (Å²) in [4.78, 5) is 25.9. The number of aryl methyl sites for hydroxylation is 1. The Kier molecular flexibility index (Phi) is 4.64. The van der Waals surface area contributed by atoms with Crippen LogP contribution in [0.3, 0.4) is 0 Å². The van der Waals surface area contributed by atoms with Gasteiger partial charge in [0.25, 0.3) is 5.56 Å². The summed E-state index contributed by atoms with van der Waals surface area (Å²) < 4.78 is 33.4. The summed E-state index contributed by atoms with van der Waals surface area (Å²) in [5.41, 5.74) is 1.81. The van der Waals surface area contributed by atoms with E-state index in [9.17, 15) is 18.4 Å². The van der Waals surface area contributed by atoms with E-state index < -0.39 is 22.9 Å². The average molecular weight is 399 g/mol. The molecule has 0 radical (unpaired) electrons. The molecule has 0 saturated heterocycles. The summed E-state index contributed by atoms with van der Waals surface area (Å²) >= 11 is 1.07. The van der Waals surface area contributed by atoms with Crippen LogP contribution in [0, 0.1) is 18.6 Å². The number of hydrogen-bond donors (Lipinski definition) is 0. The zero-order chi connectivity index (χ0) is 19.8. The molecule has 0 amide bonds. The highest BCUT2D eigenvalue weighted by atomic mass is 32.1. The predicted octanol–water partition coefficient (Wildman–Crippen LogP) is 3.30. The van der Waals surface area contributed by atoms with Crippen molar-refractivity contribution >= 4 is 22.6 Å². The predicted molar refractivity (Wildman–Crippen MR) is 104 cm³/mol. The summed E-state index contributed by atoms with van der Waals surface area (Å²) in [5.74, 6) is -1.94. The Balaban J connectivity index is 1.86. The molecule has 4 rings (SSSR count). The van der Waals surface area contributed by atoms with Gasteiger partial charge in [-0.25, -0.2) is 13.6 Å². The fraction of sp³-hybridized carbons (Fsp3) is 0.150. The van der Waals surface area contributed by atoms with E-state index in [1.165, 1.54) is 10.6 Å². The molecule has 2 aromatic carbocycles. The third-order valence-electron chi connectivity index (χ3n) is 4.50. The highest BCUT2D eigenvalue weighted by Crippen LogP contribution is 2.14. The molecule has 0 aliphatic carbocycles. The number of aromatic nitrogens is 3. The van der Waals surface area contributed by atoms with Crippen molar-refractivity contribution in [2.45, 2.75) is 20.0 Å². The molecule has 2 aromatic heterocycles. The maximum Gasteiger partial charge on any atom is 0.332 e. The SMILES string of the molecule is Cc1cccc(Cn2c(=O)c3nscc3n(Cc3ccc(F)c(F)c3)c2=O)c1. The normalized spacial score (nSPS) is 11.2. The highest BCUT2D eigenvalue weighted by molar-refractivity contribution is 7.04. The molecule has 0 unspecified atom stereocenters. The van der Waals surface area contributed by atoms with E-state index in [-0.39, 0.29) is 18.6 Å². The number of benzene rings is 2. The number of halogens is 2. The zero-order valence-corrected chi connectivity index (χ0v) is 15.7. The minimum Gasteiger partial charge on any atom is -0.286 e. The first-order valence-electron chi connectivity index (χ1n) is 8.51. The van der Waals surface area contributed by atoms with Crippen LogP contribution in [0.15, 0.2) is 57.4 Å². The van der Waals surface area contributed by atoms with Crippen LogP contribution >= 0.6 is 11.5 Å². The molecule has 0 spiro atoms. The van der Waals surface area contributed by atoms with Crippen LogP contribution in [0.5, 0.6) is 0 Å². The van der Waals surface area contributed by atoms with Gasteiger partial charge in [0, 0.05) is 5.38 Å². The molecule has 0 saturated carbocycles. The van der Waals surface area contributed by atoms with Gasteiger partial charge in [-0.2, -0.15) is 4.37 Å². The number of nitrogens with zero attached hydrogens (tertiary/aromatic N) is 3. The van der Waals surface area contributed by atoms with Gasteiger partial charge in [0.1, 0.15) is 0 Å². The summed E-state index contributed by atoms with van der Waals surface area (Å²) in [6.07, 6.45) is 0. The highest BCUT2D eigenvalue weighted by Gasteiger charge is 2.16. The molecule has 5 nitrogen and oxygen atoms in total. The molecule has 0 N–H and O–H groups in total. The lowest BCUT2D eigenvalue weighted by Gasteiger charge is -2.12. The van der Waals surface area contributed by atoms with Gasteiger partial charge in [0.2, 0.25) is 0 Å². The molecular weight excluding hydrogens is 384 g/mol. The second-order valence-corrected chi connectivity index (χ2v) is 7.18. The second-order valence-electron chi connectivity index (χ2n) is 6.55. The number of rotatable bonds is 4. The summed E-state index contributed by atoms with van der Waals surface area (Å²) in [7, 11) is 0. The summed E-state index contributed by atoms with van der Waals surface area (Å²) in [5, 5.41) is 1.61. The first-order chi connectivity index (χ1) is 13.4. The van der Waals surface area contributed by atoms with Crippen LogP contribution in [0.2, 0.25) is 0 Å². The van der Waals surface area contributed by atoms with Gasteiger partial charge in [-0.15, -0.1) is 0 Å². The molecule has 0 bridgehead atoms. The maximum atomic E-state index is 13.6. The van der Waals surface area contributed by atoms with Crippen molar-refractivity contribution in [3.8, 4) is 0 Å². The number of hydrogen-bond acceptors (Lipinski definition) is 4. The Morgan fingerprint density at radius 3 is 2.46 bits per heavy atom. The number of fused-ring (bicyclic) bond motifs is 1.